The Bertz CT molecular complexity index is 967. The third kappa shape index (κ3) is 8.01. The number of carbonyl (C=O) groups excluding carboxylic acids is 1. The number of nitrogens with one attached hydrogen (secondary N) is 1. The average molecular weight is 476 g/mol. The smallest absolute Gasteiger partial charge is 0.234 e. The van der Waals surface area contributed by atoms with Gasteiger partial charge in [-0.05, 0) is 67.7 Å². The lowest BCUT2D eigenvalue weighted by molar-refractivity contribution is -0.121. The first-order valence-electron chi connectivity index (χ1n) is 10.7. The maximum atomic E-state index is 13.0. The van der Waals surface area contributed by atoms with Gasteiger partial charge in [-0.3, -0.25) is 4.79 Å². The molecule has 0 bridgehead atoms. The molecule has 0 spiro atoms. The number of aliphatic hydroxyl groups is 1. The van der Waals surface area contributed by atoms with E-state index in [1.165, 1.54) is 5.56 Å². The second-order valence-corrected chi connectivity index (χ2v) is 8.74. The topological polar surface area (TPSA) is 58.6 Å². The predicted octanol–water partition coefficient (Wildman–Crippen LogP) is 6.30. The second-order valence-electron chi connectivity index (χ2n) is 8.03. The van der Waals surface area contributed by atoms with E-state index in [1.54, 1.807) is 30.4 Å². The van der Waals surface area contributed by atoms with Crippen LogP contribution in [0.3, 0.4) is 0 Å². The summed E-state index contributed by atoms with van der Waals surface area (Å²) in [6.45, 7) is 6.17. The van der Waals surface area contributed by atoms with Crippen molar-refractivity contribution in [1.29, 1.82) is 0 Å². The third-order valence-corrected chi connectivity index (χ3v) is 5.44. The summed E-state index contributed by atoms with van der Waals surface area (Å²) in [5.41, 5.74) is 2.87. The van der Waals surface area contributed by atoms with Crippen molar-refractivity contribution in [2.45, 2.75) is 40.2 Å². The van der Waals surface area contributed by atoms with Gasteiger partial charge in [0.2, 0.25) is 5.91 Å². The summed E-state index contributed by atoms with van der Waals surface area (Å²) in [6, 6.07) is 13.6. The van der Waals surface area contributed by atoms with Gasteiger partial charge < -0.3 is 15.2 Å². The number of ether oxygens (including phenoxy) is 1. The van der Waals surface area contributed by atoms with Crippen LogP contribution in [0.4, 0.5) is 5.69 Å². The average Bonchev–Trinajstić information content (AvgIpc) is 2.77. The molecule has 0 heterocycles. The maximum Gasteiger partial charge on any atom is 0.234 e. The van der Waals surface area contributed by atoms with Crippen molar-refractivity contribution in [3.8, 4) is 0 Å². The van der Waals surface area contributed by atoms with E-state index in [-0.39, 0.29) is 12.5 Å². The summed E-state index contributed by atoms with van der Waals surface area (Å²) < 4.78 is 6.02. The SMILES string of the molecule is CCc1cccc(COC(/C=C\CCl)=C/C(C)(C)C(=O)Nc2ccc(CCO)cc2Cl)c1. The summed E-state index contributed by atoms with van der Waals surface area (Å²) in [4.78, 5) is 13.0. The highest BCUT2D eigenvalue weighted by Crippen LogP contribution is 2.28. The van der Waals surface area contributed by atoms with Crippen molar-refractivity contribution in [3.63, 3.8) is 0 Å². The molecule has 2 rings (SSSR count). The van der Waals surface area contributed by atoms with Gasteiger partial charge in [-0.15, -0.1) is 11.6 Å². The van der Waals surface area contributed by atoms with E-state index in [9.17, 15) is 4.79 Å². The fourth-order valence-electron chi connectivity index (χ4n) is 3.05. The standard InChI is InChI=1S/C26H31Cl2NO3/c1-4-19-7-5-8-21(15-19)18-32-22(9-6-13-27)17-26(2,3)25(31)29-24-11-10-20(12-14-30)16-23(24)28/h5-11,15-17,30H,4,12-14,18H2,1-3H3,(H,29,31)/b9-6-,22-17+. The molecule has 0 unspecified atom stereocenters. The van der Waals surface area contributed by atoms with E-state index in [0.29, 0.717) is 35.4 Å². The number of hydrogen-bond acceptors (Lipinski definition) is 3. The molecule has 0 aliphatic heterocycles. The van der Waals surface area contributed by atoms with Crippen LogP contribution in [0.1, 0.15) is 37.5 Å². The Morgan fingerprint density at radius 2 is 1.91 bits per heavy atom. The number of hydrogen-bond donors (Lipinski definition) is 2. The Hall–Kier alpha value is -2.27. The van der Waals surface area contributed by atoms with Crippen LogP contribution in [0.2, 0.25) is 5.02 Å². The van der Waals surface area contributed by atoms with Gasteiger partial charge in [0.15, 0.2) is 0 Å². The molecule has 32 heavy (non-hydrogen) atoms. The first kappa shape index (κ1) is 26.0. The van der Waals surface area contributed by atoms with Crippen molar-refractivity contribution >= 4 is 34.8 Å². The predicted molar refractivity (Wildman–Crippen MR) is 133 cm³/mol. The molecule has 0 saturated heterocycles. The monoisotopic (exact) mass is 475 g/mol. The summed E-state index contributed by atoms with van der Waals surface area (Å²) in [5, 5.41) is 12.4. The van der Waals surface area contributed by atoms with E-state index in [4.69, 9.17) is 33.0 Å². The number of amides is 1. The van der Waals surface area contributed by atoms with Crippen LogP contribution in [0.5, 0.6) is 0 Å². The minimum absolute atomic E-state index is 0.0429. The van der Waals surface area contributed by atoms with Gasteiger partial charge in [0, 0.05) is 12.5 Å². The summed E-state index contributed by atoms with van der Waals surface area (Å²) in [6.07, 6.45) is 6.81. The van der Waals surface area contributed by atoms with Crippen molar-refractivity contribution < 1.29 is 14.6 Å². The zero-order valence-electron chi connectivity index (χ0n) is 18.8. The minimum Gasteiger partial charge on any atom is -0.489 e. The lowest BCUT2D eigenvalue weighted by atomic mass is 9.91. The summed E-state index contributed by atoms with van der Waals surface area (Å²) >= 11 is 12.1. The van der Waals surface area contributed by atoms with Gasteiger partial charge in [-0.25, -0.2) is 0 Å². The van der Waals surface area contributed by atoms with Gasteiger partial charge in [0.05, 0.1) is 16.1 Å². The van der Waals surface area contributed by atoms with Gasteiger partial charge in [0.1, 0.15) is 12.4 Å². The van der Waals surface area contributed by atoms with Gasteiger partial charge in [0.25, 0.3) is 0 Å². The highest BCUT2D eigenvalue weighted by molar-refractivity contribution is 6.33. The molecule has 0 fully saturated rings. The van der Waals surface area contributed by atoms with E-state index < -0.39 is 5.41 Å². The molecule has 0 saturated carbocycles. The third-order valence-electron chi connectivity index (χ3n) is 4.95. The Balaban J connectivity index is 2.16. The molecule has 2 aromatic rings. The van der Waals surface area contributed by atoms with E-state index >= 15 is 0 Å². The molecule has 0 aromatic heterocycles. The van der Waals surface area contributed by atoms with Crippen LogP contribution in [-0.4, -0.2) is 23.5 Å². The fourth-order valence-corrected chi connectivity index (χ4v) is 3.39. The number of anilines is 1. The molecule has 0 aliphatic rings. The number of rotatable bonds is 11. The van der Waals surface area contributed by atoms with E-state index in [1.807, 2.05) is 32.0 Å². The van der Waals surface area contributed by atoms with Crippen LogP contribution in [-0.2, 0) is 29.0 Å². The number of halogens is 2. The molecule has 4 nitrogen and oxygen atoms in total. The van der Waals surface area contributed by atoms with Crippen LogP contribution < -0.4 is 5.32 Å². The number of allylic oxidation sites excluding steroid dienone is 2. The number of benzene rings is 2. The van der Waals surface area contributed by atoms with Crippen LogP contribution in [0.15, 0.2) is 66.5 Å². The number of alkyl halides is 1. The molecule has 172 valence electrons. The molecule has 0 radical (unpaired) electrons. The van der Waals surface area contributed by atoms with Crippen LogP contribution in [0.25, 0.3) is 0 Å². The molecule has 2 N–H and O–H groups in total. The Labute approximate surface area is 200 Å². The first-order chi connectivity index (χ1) is 15.3. The first-order valence-corrected chi connectivity index (χ1v) is 11.6. The largest absolute Gasteiger partial charge is 0.489 e. The lowest BCUT2D eigenvalue weighted by Gasteiger charge is -2.22. The van der Waals surface area contributed by atoms with Gasteiger partial charge in [-0.1, -0.05) is 54.9 Å². The molecule has 0 atom stereocenters. The molecular weight excluding hydrogens is 445 g/mol. The zero-order chi connectivity index (χ0) is 23.6. The lowest BCUT2D eigenvalue weighted by Crippen LogP contribution is -2.29. The highest BCUT2D eigenvalue weighted by atomic mass is 35.5. The van der Waals surface area contributed by atoms with Crippen molar-refractivity contribution in [3.05, 3.63) is 88.2 Å². The Morgan fingerprint density at radius 1 is 1.16 bits per heavy atom. The summed E-state index contributed by atoms with van der Waals surface area (Å²) in [5.74, 6) is 0.689. The van der Waals surface area contributed by atoms with E-state index in [0.717, 1.165) is 17.5 Å². The van der Waals surface area contributed by atoms with Crippen molar-refractivity contribution in [1.82, 2.24) is 0 Å². The molecule has 2 aromatic carbocycles. The minimum atomic E-state index is -0.871. The number of carbonyl (C=O) groups is 1. The van der Waals surface area contributed by atoms with E-state index in [2.05, 4.69) is 24.4 Å². The zero-order valence-corrected chi connectivity index (χ0v) is 20.3. The molecule has 0 aliphatic carbocycles. The van der Waals surface area contributed by atoms with Gasteiger partial charge >= 0.3 is 0 Å². The quantitative estimate of drug-likeness (QED) is 0.227. The van der Waals surface area contributed by atoms with Crippen LogP contribution >= 0.6 is 23.2 Å². The second kappa shape index (κ2) is 12.7. The Morgan fingerprint density at radius 3 is 2.56 bits per heavy atom. The van der Waals surface area contributed by atoms with Crippen molar-refractivity contribution in [2.75, 3.05) is 17.8 Å². The highest BCUT2D eigenvalue weighted by Gasteiger charge is 2.27. The number of aliphatic hydroxyl groups excluding tert-OH is 1. The number of aryl methyl sites for hydroxylation is 1. The normalized spacial score (nSPS) is 12.2. The Kier molecular flexibility index (Phi) is 10.3. The molecule has 1 amide bonds. The molecule has 6 heteroatoms. The van der Waals surface area contributed by atoms with Gasteiger partial charge in [-0.2, -0.15) is 0 Å². The fraction of sp³-hybridized carbons (Fsp3) is 0.346. The maximum absolute atomic E-state index is 13.0. The van der Waals surface area contributed by atoms with Crippen LogP contribution in [0, 0.1) is 5.41 Å². The molecular formula is C26H31Cl2NO3. The summed E-state index contributed by atoms with van der Waals surface area (Å²) in [7, 11) is 0. The van der Waals surface area contributed by atoms with Crippen molar-refractivity contribution in [2.24, 2.45) is 5.41 Å².